The van der Waals surface area contributed by atoms with Crippen LogP contribution in [0, 0.1) is 0 Å². The lowest BCUT2D eigenvalue weighted by atomic mass is 10.2. The number of rotatable bonds is 13. The predicted octanol–water partition coefficient (Wildman–Crippen LogP) is 4.29. The molecule has 39 heavy (non-hydrogen) atoms. The van der Waals surface area contributed by atoms with Crippen LogP contribution in [0.2, 0.25) is 0 Å². The van der Waals surface area contributed by atoms with Gasteiger partial charge in [-0.05, 0) is 69.7 Å². The van der Waals surface area contributed by atoms with E-state index in [0.717, 1.165) is 11.3 Å². The number of sulfonamides is 1. The van der Waals surface area contributed by atoms with Crippen LogP contribution in [0.4, 0.5) is 5.82 Å². The smallest absolute Gasteiger partial charge is 0.325 e. The van der Waals surface area contributed by atoms with Gasteiger partial charge >= 0.3 is 5.97 Å². The maximum Gasteiger partial charge on any atom is 0.325 e. The third-order valence-corrected chi connectivity index (χ3v) is 7.24. The Morgan fingerprint density at radius 3 is 2.56 bits per heavy atom. The fraction of sp³-hybridized carbons (Fsp3) is 0.286. The van der Waals surface area contributed by atoms with Crippen molar-refractivity contribution >= 4 is 27.5 Å². The fourth-order valence-electron chi connectivity index (χ4n) is 3.55. The van der Waals surface area contributed by atoms with Crippen molar-refractivity contribution in [3.8, 4) is 0 Å². The number of allylic oxidation sites excluding steroid dienone is 4. The van der Waals surface area contributed by atoms with Crippen LogP contribution in [0.3, 0.4) is 0 Å². The number of hydrogen-bond donors (Lipinski definition) is 1. The number of carbonyl (C=O) groups excluding carboxylic acids is 1. The number of anilines is 1. The Hall–Kier alpha value is -4.09. The van der Waals surface area contributed by atoms with Crippen molar-refractivity contribution in [1.82, 2.24) is 24.1 Å². The molecule has 3 aromatic heterocycles. The van der Waals surface area contributed by atoms with E-state index in [9.17, 15) is 13.2 Å². The summed E-state index contributed by atoms with van der Waals surface area (Å²) in [4.78, 5) is 20.5. The Bertz CT molecular complexity index is 1420. The zero-order valence-electron chi connectivity index (χ0n) is 22.6. The molecule has 0 aliphatic rings. The molecule has 0 aromatic carbocycles. The van der Waals surface area contributed by atoms with Gasteiger partial charge in [0.2, 0.25) is 10.0 Å². The Kier molecular flexibility index (Phi) is 10.7. The molecular weight excluding hydrogens is 516 g/mol. The summed E-state index contributed by atoms with van der Waals surface area (Å²) in [5.41, 5.74) is 2.13. The van der Waals surface area contributed by atoms with E-state index in [1.54, 1.807) is 49.0 Å². The molecule has 1 N–H and O–H groups in total. The van der Waals surface area contributed by atoms with Crippen molar-refractivity contribution in [1.29, 1.82) is 0 Å². The van der Waals surface area contributed by atoms with Gasteiger partial charge < -0.3 is 10.1 Å². The summed E-state index contributed by atoms with van der Waals surface area (Å²) in [6.45, 7) is 7.37. The minimum Gasteiger partial charge on any atom is -0.462 e. The van der Waals surface area contributed by atoms with Crippen LogP contribution in [0.5, 0.6) is 0 Å². The molecule has 0 radical (unpaired) electrons. The zero-order valence-corrected chi connectivity index (χ0v) is 23.4. The molecule has 0 atom stereocenters. The van der Waals surface area contributed by atoms with Crippen LogP contribution < -0.4 is 5.32 Å². The lowest BCUT2D eigenvalue weighted by molar-refractivity contribution is -0.145. The maximum atomic E-state index is 13.7. The monoisotopic (exact) mass is 550 g/mol. The van der Waals surface area contributed by atoms with E-state index in [-0.39, 0.29) is 30.6 Å². The number of pyridine rings is 2. The average Bonchev–Trinajstić information content (AvgIpc) is 3.46. The zero-order chi connectivity index (χ0) is 28.3. The summed E-state index contributed by atoms with van der Waals surface area (Å²) in [6.07, 6.45) is 13.7. The van der Waals surface area contributed by atoms with E-state index in [1.807, 2.05) is 50.4 Å². The Balaban J connectivity index is 1.85. The quantitative estimate of drug-likeness (QED) is 0.247. The molecule has 0 unspecified atom stereocenters. The summed E-state index contributed by atoms with van der Waals surface area (Å²) in [5.74, 6) is 0.0353. The molecule has 3 heterocycles. The second kappa shape index (κ2) is 14.2. The molecule has 0 amide bonds. The van der Waals surface area contributed by atoms with E-state index in [2.05, 4.69) is 20.4 Å². The normalized spacial score (nSPS) is 12.9. The molecule has 206 valence electrons. The van der Waals surface area contributed by atoms with Gasteiger partial charge in [0.1, 0.15) is 17.3 Å². The Morgan fingerprint density at radius 2 is 1.92 bits per heavy atom. The second-order valence-corrected chi connectivity index (χ2v) is 10.7. The van der Waals surface area contributed by atoms with Crippen LogP contribution in [-0.2, 0) is 26.1 Å². The van der Waals surface area contributed by atoms with E-state index >= 15 is 0 Å². The standard InChI is InChI=1S/C28H34N6O4S/c1-5-23(13-14-25(6-2)34-17-9-16-31-34)20-33(39(36,37)26-11-8-15-29-18-26)21-24-10-7-12-27(32-24)30-19-28(35)38-22(3)4/h5-18,22H,19-21H2,1-4H3,(H,30,32)/b14-13-,23-5+,25-6+. The highest BCUT2D eigenvalue weighted by Crippen LogP contribution is 2.20. The molecule has 0 aliphatic carbocycles. The van der Waals surface area contributed by atoms with Crippen LogP contribution in [0.15, 0.2) is 96.0 Å². The van der Waals surface area contributed by atoms with Crippen molar-refractivity contribution in [2.45, 2.75) is 45.2 Å². The maximum absolute atomic E-state index is 13.7. The first-order valence-corrected chi connectivity index (χ1v) is 14.0. The molecule has 3 rings (SSSR count). The molecule has 0 saturated carbocycles. The summed E-state index contributed by atoms with van der Waals surface area (Å²) in [5, 5.41) is 7.19. The van der Waals surface area contributed by atoms with Gasteiger partial charge in [-0.25, -0.2) is 18.1 Å². The lowest BCUT2D eigenvalue weighted by Crippen LogP contribution is -2.32. The van der Waals surface area contributed by atoms with Gasteiger partial charge in [0.05, 0.1) is 24.0 Å². The molecular formula is C28H34N6O4S. The second-order valence-electron chi connectivity index (χ2n) is 8.73. The van der Waals surface area contributed by atoms with Crippen molar-refractivity contribution in [2.24, 2.45) is 0 Å². The van der Waals surface area contributed by atoms with Crippen molar-refractivity contribution < 1.29 is 17.9 Å². The third-order valence-electron chi connectivity index (χ3n) is 5.46. The van der Waals surface area contributed by atoms with Gasteiger partial charge in [0.25, 0.3) is 0 Å². The van der Waals surface area contributed by atoms with Crippen molar-refractivity contribution in [2.75, 3.05) is 18.4 Å². The Morgan fingerprint density at radius 1 is 1.10 bits per heavy atom. The molecule has 3 aromatic rings. The van der Waals surface area contributed by atoms with Crippen molar-refractivity contribution in [3.05, 3.63) is 96.8 Å². The summed E-state index contributed by atoms with van der Waals surface area (Å²) < 4.78 is 35.6. The number of nitrogens with zero attached hydrogens (tertiary/aromatic N) is 5. The van der Waals surface area contributed by atoms with Gasteiger partial charge in [-0.1, -0.05) is 24.3 Å². The van der Waals surface area contributed by atoms with Gasteiger partial charge in [0, 0.05) is 31.3 Å². The van der Waals surface area contributed by atoms with Gasteiger partial charge in [0.15, 0.2) is 0 Å². The van der Waals surface area contributed by atoms with Gasteiger partial charge in [-0.2, -0.15) is 9.40 Å². The first-order chi connectivity index (χ1) is 18.7. The highest BCUT2D eigenvalue weighted by molar-refractivity contribution is 7.89. The van der Waals surface area contributed by atoms with E-state index in [1.165, 1.54) is 22.8 Å². The molecule has 0 aliphatic heterocycles. The van der Waals surface area contributed by atoms with Crippen LogP contribution in [-0.4, -0.2) is 57.6 Å². The molecule has 0 saturated heterocycles. The van der Waals surface area contributed by atoms with Crippen LogP contribution >= 0.6 is 0 Å². The van der Waals surface area contributed by atoms with Gasteiger partial charge in [-0.3, -0.25) is 9.78 Å². The highest BCUT2D eigenvalue weighted by Gasteiger charge is 2.26. The Labute approximate surface area is 229 Å². The first-order valence-electron chi connectivity index (χ1n) is 12.5. The number of ether oxygens (including phenoxy) is 1. The summed E-state index contributed by atoms with van der Waals surface area (Å²) >= 11 is 0. The lowest BCUT2D eigenvalue weighted by Gasteiger charge is -2.23. The van der Waals surface area contributed by atoms with E-state index in [4.69, 9.17) is 4.74 Å². The molecule has 0 fully saturated rings. The van der Waals surface area contributed by atoms with E-state index < -0.39 is 16.0 Å². The predicted molar refractivity (Wildman–Crippen MR) is 151 cm³/mol. The van der Waals surface area contributed by atoms with E-state index in [0.29, 0.717) is 11.5 Å². The topological polar surface area (TPSA) is 119 Å². The fourth-order valence-corrected chi connectivity index (χ4v) is 4.92. The number of carbonyl (C=O) groups is 1. The van der Waals surface area contributed by atoms with Crippen LogP contribution in [0.25, 0.3) is 5.70 Å². The highest BCUT2D eigenvalue weighted by atomic mass is 32.2. The SMILES string of the molecule is C\C=C(/C=C\C(=C/C)n1cccn1)CN(Cc1cccc(NCC(=O)OC(C)C)n1)S(=O)(=O)c1cccnc1. The third kappa shape index (κ3) is 8.72. The summed E-state index contributed by atoms with van der Waals surface area (Å²) in [7, 11) is -3.91. The summed E-state index contributed by atoms with van der Waals surface area (Å²) in [6, 6.07) is 10.1. The number of nitrogens with one attached hydrogen (secondary N) is 1. The average molecular weight is 551 g/mol. The van der Waals surface area contributed by atoms with Crippen LogP contribution in [0.1, 0.15) is 33.4 Å². The number of aromatic nitrogens is 4. The number of hydrogen-bond acceptors (Lipinski definition) is 8. The van der Waals surface area contributed by atoms with Gasteiger partial charge in [-0.15, -0.1) is 0 Å². The molecule has 0 spiro atoms. The number of esters is 1. The largest absolute Gasteiger partial charge is 0.462 e. The first kappa shape index (κ1) is 29.5. The van der Waals surface area contributed by atoms with Crippen molar-refractivity contribution in [3.63, 3.8) is 0 Å². The molecule has 10 nitrogen and oxygen atoms in total. The molecule has 0 bridgehead atoms. The minimum atomic E-state index is -3.91. The molecule has 11 heteroatoms. The minimum absolute atomic E-state index is 0.00397.